The molecule has 0 heterocycles. The van der Waals surface area contributed by atoms with Crippen LogP contribution in [0, 0.1) is 0 Å². The van der Waals surface area contributed by atoms with E-state index in [2.05, 4.69) is 0 Å². The zero-order valence-electron chi connectivity index (χ0n) is 10.9. The molecule has 0 spiro atoms. The molecule has 0 amide bonds. The van der Waals surface area contributed by atoms with Crippen molar-refractivity contribution >= 4 is 5.78 Å². The van der Waals surface area contributed by atoms with Crippen LogP contribution < -0.4 is 10.5 Å². The van der Waals surface area contributed by atoms with Gasteiger partial charge in [-0.15, -0.1) is 0 Å². The number of methoxy groups -OCH3 is 1. The highest BCUT2D eigenvalue weighted by Gasteiger charge is 2.12. The summed E-state index contributed by atoms with van der Waals surface area (Å²) in [5.41, 5.74) is 7.95. The molecule has 0 aliphatic carbocycles. The largest absolute Gasteiger partial charge is 0.497 e. The Morgan fingerprint density at radius 1 is 1.11 bits per heavy atom. The van der Waals surface area contributed by atoms with Crippen LogP contribution in [0.2, 0.25) is 0 Å². The van der Waals surface area contributed by atoms with Gasteiger partial charge in [-0.3, -0.25) is 4.79 Å². The Morgan fingerprint density at radius 2 is 1.79 bits per heavy atom. The van der Waals surface area contributed by atoms with E-state index in [1.807, 2.05) is 24.3 Å². The normalized spacial score (nSPS) is 10.2. The minimum Gasteiger partial charge on any atom is -0.497 e. The average molecular weight is 255 g/mol. The second-order valence-electron chi connectivity index (χ2n) is 4.25. The third-order valence-electron chi connectivity index (χ3n) is 3.03. The summed E-state index contributed by atoms with van der Waals surface area (Å²) >= 11 is 0. The molecule has 0 radical (unpaired) electrons. The lowest BCUT2D eigenvalue weighted by atomic mass is 9.96. The predicted octanol–water partition coefficient (Wildman–Crippen LogP) is 2.43. The number of hydrogen-bond acceptors (Lipinski definition) is 3. The molecular weight excluding hydrogens is 238 g/mol. The molecule has 98 valence electrons. The third-order valence-corrected chi connectivity index (χ3v) is 3.03. The van der Waals surface area contributed by atoms with Crippen molar-refractivity contribution in [2.24, 2.45) is 5.73 Å². The molecule has 19 heavy (non-hydrogen) atoms. The maximum atomic E-state index is 12.5. The maximum Gasteiger partial charge on any atom is 0.193 e. The lowest BCUT2D eigenvalue weighted by molar-refractivity contribution is 0.103. The standard InChI is InChI=1S/C16H17NO2/c1-19-14-8-6-13(7-9-14)16(18)15-5-3-2-4-12(15)10-11-17/h2-9H,10-11,17H2,1H3. The molecule has 0 unspecified atom stereocenters. The van der Waals surface area contributed by atoms with Gasteiger partial charge in [0, 0.05) is 11.1 Å². The topological polar surface area (TPSA) is 52.3 Å². The van der Waals surface area contributed by atoms with Gasteiger partial charge in [0.2, 0.25) is 0 Å². The first-order valence-corrected chi connectivity index (χ1v) is 6.23. The van der Waals surface area contributed by atoms with E-state index in [9.17, 15) is 4.79 Å². The van der Waals surface area contributed by atoms with Gasteiger partial charge in [0.05, 0.1) is 7.11 Å². The Bertz CT molecular complexity index is 561. The molecule has 0 bridgehead atoms. The molecule has 0 saturated carbocycles. The highest BCUT2D eigenvalue weighted by Crippen LogP contribution is 2.17. The highest BCUT2D eigenvalue weighted by atomic mass is 16.5. The van der Waals surface area contributed by atoms with Crippen molar-refractivity contribution in [2.45, 2.75) is 6.42 Å². The van der Waals surface area contributed by atoms with Gasteiger partial charge >= 0.3 is 0 Å². The molecular formula is C16H17NO2. The summed E-state index contributed by atoms with van der Waals surface area (Å²) < 4.78 is 5.09. The Hall–Kier alpha value is -2.13. The Morgan fingerprint density at radius 3 is 2.42 bits per heavy atom. The molecule has 2 rings (SSSR count). The summed E-state index contributed by atoms with van der Waals surface area (Å²) in [5, 5.41) is 0. The summed E-state index contributed by atoms with van der Waals surface area (Å²) in [6, 6.07) is 14.7. The van der Waals surface area contributed by atoms with Crippen molar-refractivity contribution < 1.29 is 9.53 Å². The monoisotopic (exact) mass is 255 g/mol. The van der Waals surface area contributed by atoms with Crippen LogP contribution in [0.15, 0.2) is 48.5 Å². The first kappa shape index (κ1) is 13.3. The van der Waals surface area contributed by atoms with Gasteiger partial charge in [0.15, 0.2) is 5.78 Å². The summed E-state index contributed by atoms with van der Waals surface area (Å²) in [4.78, 5) is 12.5. The van der Waals surface area contributed by atoms with Crippen LogP contribution in [0.1, 0.15) is 21.5 Å². The van der Waals surface area contributed by atoms with Gasteiger partial charge in [-0.05, 0) is 42.8 Å². The molecule has 0 fully saturated rings. The molecule has 2 aromatic rings. The second kappa shape index (κ2) is 6.16. The number of rotatable bonds is 5. The second-order valence-corrected chi connectivity index (χ2v) is 4.25. The van der Waals surface area contributed by atoms with Crippen LogP contribution in [0.5, 0.6) is 5.75 Å². The number of ketones is 1. The number of benzene rings is 2. The molecule has 0 atom stereocenters. The molecule has 0 aliphatic rings. The van der Waals surface area contributed by atoms with Crippen LogP contribution in [-0.4, -0.2) is 19.4 Å². The summed E-state index contributed by atoms with van der Waals surface area (Å²) in [5.74, 6) is 0.762. The smallest absolute Gasteiger partial charge is 0.193 e. The van der Waals surface area contributed by atoms with Crippen molar-refractivity contribution in [1.29, 1.82) is 0 Å². The van der Waals surface area contributed by atoms with E-state index in [1.165, 1.54) is 0 Å². The van der Waals surface area contributed by atoms with Gasteiger partial charge in [-0.1, -0.05) is 24.3 Å². The Balaban J connectivity index is 2.32. The fourth-order valence-corrected chi connectivity index (χ4v) is 2.01. The van der Waals surface area contributed by atoms with E-state index >= 15 is 0 Å². The minimum absolute atomic E-state index is 0.0201. The van der Waals surface area contributed by atoms with Crippen molar-refractivity contribution in [3.63, 3.8) is 0 Å². The number of nitrogens with two attached hydrogens (primary N) is 1. The van der Waals surface area contributed by atoms with Gasteiger partial charge in [-0.2, -0.15) is 0 Å². The molecule has 0 saturated heterocycles. The van der Waals surface area contributed by atoms with E-state index in [4.69, 9.17) is 10.5 Å². The zero-order chi connectivity index (χ0) is 13.7. The fourth-order valence-electron chi connectivity index (χ4n) is 2.01. The van der Waals surface area contributed by atoms with E-state index in [1.54, 1.807) is 31.4 Å². The van der Waals surface area contributed by atoms with E-state index in [-0.39, 0.29) is 5.78 Å². The molecule has 0 aliphatic heterocycles. The van der Waals surface area contributed by atoms with E-state index in [0.717, 1.165) is 16.9 Å². The van der Waals surface area contributed by atoms with Crippen molar-refractivity contribution in [2.75, 3.05) is 13.7 Å². The van der Waals surface area contributed by atoms with Crippen LogP contribution in [0.3, 0.4) is 0 Å². The predicted molar refractivity (Wildman–Crippen MR) is 75.6 cm³/mol. The van der Waals surface area contributed by atoms with Gasteiger partial charge in [0.1, 0.15) is 5.75 Å². The van der Waals surface area contributed by atoms with Crippen LogP contribution in [0.4, 0.5) is 0 Å². The quantitative estimate of drug-likeness (QED) is 0.835. The summed E-state index contributed by atoms with van der Waals surface area (Å²) in [6.45, 7) is 0.535. The van der Waals surface area contributed by atoms with Crippen LogP contribution in [-0.2, 0) is 6.42 Å². The number of hydrogen-bond donors (Lipinski definition) is 1. The lowest BCUT2D eigenvalue weighted by Gasteiger charge is -2.08. The van der Waals surface area contributed by atoms with E-state index in [0.29, 0.717) is 18.5 Å². The van der Waals surface area contributed by atoms with Crippen LogP contribution >= 0.6 is 0 Å². The van der Waals surface area contributed by atoms with E-state index < -0.39 is 0 Å². The first-order valence-electron chi connectivity index (χ1n) is 6.23. The van der Waals surface area contributed by atoms with Crippen LogP contribution in [0.25, 0.3) is 0 Å². The van der Waals surface area contributed by atoms with Crippen molar-refractivity contribution in [3.8, 4) is 5.75 Å². The Labute approximate surface area is 113 Å². The number of carbonyl (C=O) groups is 1. The zero-order valence-corrected chi connectivity index (χ0v) is 10.9. The summed E-state index contributed by atoms with van der Waals surface area (Å²) in [7, 11) is 1.60. The number of carbonyl (C=O) groups excluding carboxylic acids is 1. The molecule has 3 heteroatoms. The highest BCUT2D eigenvalue weighted by molar-refractivity contribution is 6.09. The van der Waals surface area contributed by atoms with Gasteiger partial charge in [0.25, 0.3) is 0 Å². The van der Waals surface area contributed by atoms with Gasteiger partial charge in [-0.25, -0.2) is 0 Å². The number of ether oxygens (including phenoxy) is 1. The molecule has 0 aromatic heterocycles. The average Bonchev–Trinajstić information content (AvgIpc) is 2.47. The Kier molecular flexibility index (Phi) is 4.31. The van der Waals surface area contributed by atoms with Crippen molar-refractivity contribution in [1.82, 2.24) is 0 Å². The molecule has 2 aromatic carbocycles. The first-order chi connectivity index (χ1) is 9.26. The minimum atomic E-state index is 0.0201. The molecule has 3 nitrogen and oxygen atoms in total. The fraction of sp³-hybridized carbons (Fsp3) is 0.188. The SMILES string of the molecule is COc1ccc(C(=O)c2ccccc2CCN)cc1. The maximum absolute atomic E-state index is 12.5. The lowest BCUT2D eigenvalue weighted by Crippen LogP contribution is -2.09. The molecule has 2 N–H and O–H groups in total. The summed E-state index contributed by atoms with van der Waals surface area (Å²) in [6.07, 6.45) is 0.706. The van der Waals surface area contributed by atoms with Gasteiger partial charge < -0.3 is 10.5 Å². The third kappa shape index (κ3) is 3.01. The van der Waals surface area contributed by atoms with Crippen molar-refractivity contribution in [3.05, 3.63) is 65.2 Å².